The molecule has 2 aliphatic carbocycles. The van der Waals surface area contributed by atoms with Gasteiger partial charge in [0.25, 0.3) is 0 Å². The summed E-state index contributed by atoms with van der Waals surface area (Å²) in [6.07, 6.45) is 0. The molecule has 0 aliphatic heterocycles. The second-order valence-corrected chi connectivity index (χ2v) is 21.1. The second-order valence-electron chi connectivity index (χ2n) is 20.0. The Balaban J connectivity index is 0.895. The fourth-order valence-electron chi connectivity index (χ4n) is 13.1. The fourth-order valence-corrected chi connectivity index (χ4v) is 14.3. The number of rotatable bonds is 5. The standard InChI is InChI=1S/C70H39N3O2S/c1-7-26-53-44(16-1)45-17-2-8-27-54(45)70(53)55-28-9-3-19-48(55)62-42(22-14-29-56(62)70)40-34-36-41(37-35-40)43-38-39-60-64(50-21-5-11-31-58(50)75-60)65(43)69-72-67(51-24-15-32-59-63(51)49-20-4-10-30-57(49)74-59)71-68(73-69)52-25-13-23-47-46-18-6-12-33-61(46)76-66(47)52/h1-39H. The van der Waals surface area contributed by atoms with Gasteiger partial charge in [0.15, 0.2) is 17.5 Å². The average Bonchev–Trinajstić information content (AvgIpc) is 4.36. The summed E-state index contributed by atoms with van der Waals surface area (Å²) in [4.78, 5) is 16.6. The van der Waals surface area contributed by atoms with Crippen LogP contribution in [-0.2, 0) is 5.41 Å². The van der Waals surface area contributed by atoms with Crippen LogP contribution in [0.1, 0.15) is 22.3 Å². The van der Waals surface area contributed by atoms with Crippen LogP contribution >= 0.6 is 11.3 Å². The monoisotopic (exact) mass is 985 g/mol. The number of hydrogen-bond donors (Lipinski definition) is 0. The summed E-state index contributed by atoms with van der Waals surface area (Å²) >= 11 is 1.77. The van der Waals surface area contributed by atoms with Crippen LogP contribution in [0.4, 0.5) is 0 Å². The molecule has 15 aromatic rings. The Bertz CT molecular complexity index is 4920. The lowest BCUT2D eigenvalue weighted by Gasteiger charge is -2.30. The van der Waals surface area contributed by atoms with Crippen LogP contribution in [0.5, 0.6) is 0 Å². The van der Waals surface area contributed by atoms with E-state index in [0.717, 1.165) is 82.0 Å². The molecular formula is C70H39N3O2S. The number of nitrogens with zero attached hydrogens (tertiary/aromatic N) is 3. The zero-order valence-corrected chi connectivity index (χ0v) is 41.4. The van der Waals surface area contributed by atoms with Crippen molar-refractivity contribution in [2.45, 2.75) is 5.41 Å². The third kappa shape index (κ3) is 5.65. The zero-order chi connectivity index (χ0) is 49.6. The molecule has 0 unspecified atom stereocenters. The number of fused-ring (bicyclic) bond motifs is 19. The van der Waals surface area contributed by atoms with E-state index in [0.29, 0.717) is 17.5 Å². The van der Waals surface area contributed by atoms with Gasteiger partial charge in [0, 0.05) is 58.4 Å². The van der Waals surface area contributed by atoms with Gasteiger partial charge in [-0.25, -0.2) is 15.0 Å². The maximum absolute atomic E-state index is 6.67. The topological polar surface area (TPSA) is 65.0 Å². The third-order valence-electron chi connectivity index (χ3n) is 16.2. The Morgan fingerprint density at radius 2 is 0.750 bits per heavy atom. The van der Waals surface area contributed by atoms with Gasteiger partial charge in [0.05, 0.1) is 5.41 Å². The summed E-state index contributed by atoms with van der Waals surface area (Å²) in [6, 6.07) is 84.9. The van der Waals surface area contributed by atoms with Crippen molar-refractivity contribution in [2.24, 2.45) is 0 Å². The molecule has 5 nitrogen and oxygen atoms in total. The molecule has 0 saturated heterocycles. The molecular weight excluding hydrogens is 947 g/mol. The van der Waals surface area contributed by atoms with Crippen molar-refractivity contribution >= 4 is 75.4 Å². The smallest absolute Gasteiger partial charge is 0.165 e. The first kappa shape index (κ1) is 41.7. The minimum Gasteiger partial charge on any atom is -0.456 e. The summed E-state index contributed by atoms with van der Waals surface area (Å²) in [5.74, 6) is 1.71. The fraction of sp³-hybridized carbons (Fsp3) is 0.0143. The molecule has 1 spiro atoms. The normalized spacial score (nSPS) is 13.1. The van der Waals surface area contributed by atoms with E-state index in [2.05, 4.69) is 200 Å². The van der Waals surface area contributed by atoms with Gasteiger partial charge in [-0.1, -0.05) is 194 Å². The Morgan fingerprint density at radius 1 is 0.289 bits per heavy atom. The van der Waals surface area contributed by atoms with Crippen molar-refractivity contribution in [1.29, 1.82) is 0 Å². The number of benzene rings is 11. The Hall–Kier alpha value is -9.75. The predicted molar refractivity (Wildman–Crippen MR) is 311 cm³/mol. The molecule has 0 radical (unpaired) electrons. The molecule has 76 heavy (non-hydrogen) atoms. The largest absolute Gasteiger partial charge is 0.456 e. The highest BCUT2D eigenvalue weighted by molar-refractivity contribution is 7.26. The minimum atomic E-state index is -0.423. The van der Waals surface area contributed by atoms with E-state index in [1.165, 1.54) is 65.5 Å². The van der Waals surface area contributed by atoms with Crippen molar-refractivity contribution in [3.05, 3.63) is 259 Å². The number of furan rings is 2. The molecule has 0 bridgehead atoms. The van der Waals surface area contributed by atoms with Crippen LogP contribution in [0.25, 0.3) is 143 Å². The summed E-state index contributed by atoms with van der Waals surface area (Å²) < 4.78 is 15.5. The van der Waals surface area contributed by atoms with Gasteiger partial charge >= 0.3 is 0 Å². The van der Waals surface area contributed by atoms with E-state index in [1.807, 2.05) is 36.4 Å². The Morgan fingerprint density at radius 3 is 1.47 bits per heavy atom. The van der Waals surface area contributed by atoms with Gasteiger partial charge in [-0.3, -0.25) is 0 Å². The quantitative estimate of drug-likeness (QED) is 0.172. The molecule has 2 aliphatic rings. The summed E-state index contributed by atoms with van der Waals surface area (Å²) in [6.45, 7) is 0. The highest BCUT2D eigenvalue weighted by Crippen LogP contribution is 2.64. The third-order valence-corrected chi connectivity index (χ3v) is 17.4. The van der Waals surface area contributed by atoms with Crippen LogP contribution in [0, 0.1) is 0 Å². The second kappa shape index (κ2) is 15.6. The lowest BCUT2D eigenvalue weighted by Crippen LogP contribution is -2.25. The van der Waals surface area contributed by atoms with Gasteiger partial charge in [-0.15, -0.1) is 11.3 Å². The average molecular weight is 986 g/mol. The maximum atomic E-state index is 6.67. The Kier molecular flexibility index (Phi) is 8.58. The maximum Gasteiger partial charge on any atom is 0.165 e. The van der Waals surface area contributed by atoms with E-state index in [9.17, 15) is 0 Å². The molecule has 352 valence electrons. The molecule has 0 saturated carbocycles. The van der Waals surface area contributed by atoms with E-state index < -0.39 is 5.41 Å². The molecule has 4 aromatic heterocycles. The molecule has 0 atom stereocenters. The van der Waals surface area contributed by atoms with Crippen molar-refractivity contribution < 1.29 is 8.83 Å². The van der Waals surface area contributed by atoms with E-state index >= 15 is 0 Å². The van der Waals surface area contributed by atoms with Gasteiger partial charge in [-0.2, -0.15) is 0 Å². The first-order valence-corrected chi connectivity index (χ1v) is 26.6. The van der Waals surface area contributed by atoms with Crippen molar-refractivity contribution in [1.82, 2.24) is 15.0 Å². The van der Waals surface area contributed by atoms with Gasteiger partial charge in [0.2, 0.25) is 0 Å². The molecule has 0 fully saturated rings. The predicted octanol–water partition coefficient (Wildman–Crippen LogP) is 18.7. The van der Waals surface area contributed by atoms with Crippen molar-refractivity contribution in [2.75, 3.05) is 0 Å². The van der Waals surface area contributed by atoms with Crippen LogP contribution in [-0.4, -0.2) is 15.0 Å². The number of thiophene rings is 1. The van der Waals surface area contributed by atoms with Crippen LogP contribution < -0.4 is 0 Å². The van der Waals surface area contributed by atoms with Gasteiger partial charge in [0.1, 0.15) is 22.3 Å². The molecule has 0 amide bonds. The summed E-state index contributed by atoms with van der Waals surface area (Å²) in [7, 11) is 0. The summed E-state index contributed by atoms with van der Waals surface area (Å²) in [5, 5.41) is 6.30. The highest BCUT2D eigenvalue weighted by Gasteiger charge is 2.52. The first-order valence-electron chi connectivity index (χ1n) is 25.7. The minimum absolute atomic E-state index is 0.423. The number of aromatic nitrogens is 3. The molecule has 0 N–H and O–H groups in total. The van der Waals surface area contributed by atoms with Crippen molar-refractivity contribution in [3.8, 4) is 78.7 Å². The molecule has 4 heterocycles. The molecule has 11 aromatic carbocycles. The highest BCUT2D eigenvalue weighted by atomic mass is 32.1. The first-order chi connectivity index (χ1) is 37.7. The van der Waals surface area contributed by atoms with Gasteiger partial charge < -0.3 is 8.83 Å². The van der Waals surface area contributed by atoms with Crippen LogP contribution in [0.2, 0.25) is 0 Å². The van der Waals surface area contributed by atoms with E-state index in [1.54, 1.807) is 11.3 Å². The summed E-state index contributed by atoms with van der Waals surface area (Å²) in [5.41, 5.74) is 20.3. The molecule has 17 rings (SSSR count). The van der Waals surface area contributed by atoms with Crippen LogP contribution in [0.3, 0.4) is 0 Å². The Labute approximate surface area is 439 Å². The lowest BCUT2D eigenvalue weighted by atomic mass is 9.70. The number of para-hydroxylation sites is 2. The van der Waals surface area contributed by atoms with Crippen molar-refractivity contribution in [3.63, 3.8) is 0 Å². The SMILES string of the molecule is c1ccc2c(c1)-c1ccccc1C21c2ccccc2-c2c(-c3ccc(-c4ccc5oc6ccccc6c5c4-c4nc(-c5cccc6c5sc5ccccc56)nc(-c5cccc6oc7ccccc7c56)n4)cc3)cccc21. The van der Waals surface area contributed by atoms with Gasteiger partial charge in [-0.05, 0) is 109 Å². The van der Waals surface area contributed by atoms with E-state index in [-0.39, 0.29) is 0 Å². The van der Waals surface area contributed by atoms with Crippen LogP contribution in [0.15, 0.2) is 245 Å². The number of hydrogen-bond acceptors (Lipinski definition) is 6. The zero-order valence-electron chi connectivity index (χ0n) is 40.6. The molecule has 6 heteroatoms. The lowest BCUT2D eigenvalue weighted by molar-refractivity contribution is 0.668. The van der Waals surface area contributed by atoms with E-state index in [4.69, 9.17) is 23.8 Å².